The van der Waals surface area contributed by atoms with Crippen LogP contribution in [-0.4, -0.2) is 40.2 Å². The molecule has 1 amide bonds. The van der Waals surface area contributed by atoms with Crippen molar-refractivity contribution in [3.05, 3.63) is 53.1 Å². The number of aryl methyl sites for hydroxylation is 1. The topological polar surface area (TPSA) is 50.2 Å². The van der Waals surface area contributed by atoms with Crippen LogP contribution in [0.5, 0.6) is 0 Å². The quantitative estimate of drug-likeness (QED) is 0.880. The van der Waals surface area contributed by atoms with E-state index >= 15 is 0 Å². The van der Waals surface area contributed by atoms with Crippen LogP contribution in [0.1, 0.15) is 48.0 Å². The number of nitrogens with zero attached hydrogens (tertiary/aromatic N) is 3. The first kappa shape index (κ1) is 18.2. The summed E-state index contributed by atoms with van der Waals surface area (Å²) in [5, 5.41) is 7.97. The Balaban J connectivity index is 1.37. The molecule has 1 saturated carbocycles. The van der Waals surface area contributed by atoms with Gasteiger partial charge in [-0.25, -0.2) is 4.39 Å². The molecule has 2 atom stereocenters. The summed E-state index contributed by atoms with van der Waals surface area (Å²) < 4.78 is 15.8. The molecule has 1 aromatic heterocycles. The minimum atomic E-state index is -0.101. The Labute approximate surface area is 159 Å². The van der Waals surface area contributed by atoms with Crippen LogP contribution in [0.25, 0.3) is 0 Å². The van der Waals surface area contributed by atoms with E-state index in [1.807, 2.05) is 48.9 Å². The van der Waals surface area contributed by atoms with Crippen LogP contribution in [-0.2, 0) is 11.8 Å². The van der Waals surface area contributed by atoms with Gasteiger partial charge in [0.1, 0.15) is 5.82 Å². The van der Waals surface area contributed by atoms with Crippen molar-refractivity contribution >= 4 is 5.91 Å². The van der Waals surface area contributed by atoms with Crippen molar-refractivity contribution in [1.82, 2.24) is 20.0 Å². The minimum absolute atomic E-state index is 0.0705. The Kier molecular flexibility index (Phi) is 4.76. The monoisotopic (exact) mass is 370 g/mol. The molecule has 6 heteroatoms. The molecule has 1 saturated heterocycles. The summed E-state index contributed by atoms with van der Waals surface area (Å²) >= 11 is 0. The highest BCUT2D eigenvalue weighted by atomic mass is 19.1. The minimum Gasteiger partial charge on any atom is -0.338 e. The molecular weight excluding hydrogens is 343 g/mol. The van der Waals surface area contributed by atoms with E-state index in [-0.39, 0.29) is 23.7 Å². The SMILES string of the molecule is Cc1c([C@H]2[C@H](CNC3CC(c4ccccc4F)C3)CC(=O)N2C)cnn1C. The number of rotatable bonds is 5. The van der Waals surface area contributed by atoms with Crippen molar-refractivity contribution < 1.29 is 9.18 Å². The third-order valence-corrected chi connectivity index (χ3v) is 6.44. The molecule has 27 heavy (non-hydrogen) atoms. The van der Waals surface area contributed by atoms with Gasteiger partial charge in [0.2, 0.25) is 5.91 Å². The molecule has 5 nitrogen and oxygen atoms in total. The van der Waals surface area contributed by atoms with Gasteiger partial charge in [-0.2, -0.15) is 5.10 Å². The van der Waals surface area contributed by atoms with E-state index in [0.29, 0.717) is 18.4 Å². The van der Waals surface area contributed by atoms with Gasteiger partial charge in [-0.15, -0.1) is 0 Å². The Bertz CT molecular complexity index is 842. The third kappa shape index (κ3) is 3.27. The van der Waals surface area contributed by atoms with Crippen LogP contribution in [0.2, 0.25) is 0 Å². The zero-order valence-electron chi connectivity index (χ0n) is 16.2. The lowest BCUT2D eigenvalue weighted by Gasteiger charge is -2.37. The normalized spacial score (nSPS) is 27.9. The third-order valence-electron chi connectivity index (χ3n) is 6.44. The fourth-order valence-corrected chi connectivity index (χ4v) is 4.57. The van der Waals surface area contributed by atoms with Crippen molar-refractivity contribution in [2.24, 2.45) is 13.0 Å². The number of hydrogen-bond donors (Lipinski definition) is 1. The van der Waals surface area contributed by atoms with E-state index in [4.69, 9.17) is 0 Å². The van der Waals surface area contributed by atoms with E-state index in [1.54, 1.807) is 6.07 Å². The lowest BCUT2D eigenvalue weighted by atomic mass is 9.75. The molecule has 144 valence electrons. The largest absolute Gasteiger partial charge is 0.338 e. The maximum Gasteiger partial charge on any atom is 0.223 e. The molecule has 2 aromatic rings. The first-order chi connectivity index (χ1) is 13.0. The summed E-state index contributed by atoms with van der Waals surface area (Å²) in [5.74, 6) is 0.620. The summed E-state index contributed by atoms with van der Waals surface area (Å²) in [7, 11) is 3.82. The molecular formula is C21H27FN4O. The average Bonchev–Trinajstić information content (AvgIpc) is 3.07. The molecule has 4 rings (SSSR count). The van der Waals surface area contributed by atoms with Crippen molar-refractivity contribution in [3.8, 4) is 0 Å². The van der Waals surface area contributed by atoms with Gasteiger partial charge in [-0.05, 0) is 37.3 Å². The Morgan fingerprint density at radius 3 is 2.63 bits per heavy atom. The molecule has 0 unspecified atom stereocenters. The van der Waals surface area contributed by atoms with Crippen LogP contribution in [0.15, 0.2) is 30.5 Å². The molecule has 2 heterocycles. The second-order valence-electron chi connectivity index (χ2n) is 8.02. The molecule has 2 fully saturated rings. The Morgan fingerprint density at radius 2 is 1.96 bits per heavy atom. The Hall–Kier alpha value is -2.21. The van der Waals surface area contributed by atoms with Gasteiger partial charge in [0, 0.05) is 50.3 Å². The van der Waals surface area contributed by atoms with Crippen molar-refractivity contribution in [2.75, 3.05) is 13.6 Å². The highest BCUT2D eigenvalue weighted by molar-refractivity contribution is 5.79. The fraction of sp³-hybridized carbons (Fsp3) is 0.524. The van der Waals surface area contributed by atoms with Crippen LogP contribution in [0, 0.1) is 18.7 Å². The molecule has 0 spiro atoms. The smallest absolute Gasteiger partial charge is 0.223 e. The van der Waals surface area contributed by atoms with Gasteiger partial charge in [-0.3, -0.25) is 9.48 Å². The van der Waals surface area contributed by atoms with Crippen LogP contribution in [0.4, 0.5) is 4.39 Å². The number of carbonyl (C=O) groups is 1. The van der Waals surface area contributed by atoms with E-state index in [9.17, 15) is 9.18 Å². The number of benzene rings is 1. The molecule has 0 bridgehead atoms. The second kappa shape index (κ2) is 7.08. The van der Waals surface area contributed by atoms with E-state index in [1.165, 1.54) is 6.07 Å². The first-order valence-corrected chi connectivity index (χ1v) is 9.67. The van der Waals surface area contributed by atoms with Gasteiger partial charge in [0.05, 0.1) is 12.2 Å². The summed E-state index contributed by atoms with van der Waals surface area (Å²) in [6, 6.07) is 7.53. The van der Waals surface area contributed by atoms with Gasteiger partial charge in [0.25, 0.3) is 0 Å². The van der Waals surface area contributed by atoms with Crippen molar-refractivity contribution in [2.45, 2.75) is 44.2 Å². The molecule has 2 aliphatic rings. The van der Waals surface area contributed by atoms with Crippen LogP contribution >= 0.6 is 0 Å². The number of nitrogens with one attached hydrogen (secondary N) is 1. The Morgan fingerprint density at radius 1 is 1.22 bits per heavy atom. The molecule has 1 aromatic carbocycles. The second-order valence-corrected chi connectivity index (χ2v) is 8.02. The number of likely N-dealkylation sites (tertiary alicyclic amines) is 1. The number of hydrogen-bond acceptors (Lipinski definition) is 3. The van der Waals surface area contributed by atoms with Crippen molar-refractivity contribution in [1.29, 1.82) is 0 Å². The van der Waals surface area contributed by atoms with Gasteiger partial charge in [0.15, 0.2) is 0 Å². The summed E-state index contributed by atoms with van der Waals surface area (Å²) in [6.07, 6.45) is 4.35. The highest BCUT2D eigenvalue weighted by Gasteiger charge is 2.41. The molecule has 1 N–H and O–H groups in total. The number of aromatic nitrogens is 2. The molecule has 0 radical (unpaired) electrons. The lowest BCUT2D eigenvalue weighted by molar-refractivity contribution is -0.127. The summed E-state index contributed by atoms with van der Waals surface area (Å²) in [6.45, 7) is 2.85. The molecule has 1 aliphatic carbocycles. The van der Waals surface area contributed by atoms with Gasteiger partial charge in [-0.1, -0.05) is 18.2 Å². The van der Waals surface area contributed by atoms with E-state index < -0.39 is 0 Å². The standard InChI is InChI=1S/C21H27FN4O/c1-13-18(12-24-26(13)3)21-15(10-20(27)25(21)2)11-23-16-8-14(9-16)17-6-4-5-7-19(17)22/h4-7,12,14-16,21,23H,8-11H2,1-3H3/t14?,15-,16?,21+/m0/s1. The van der Waals surface area contributed by atoms with Gasteiger partial charge >= 0.3 is 0 Å². The maximum absolute atomic E-state index is 13.9. The number of carbonyl (C=O) groups excluding carboxylic acids is 1. The maximum atomic E-state index is 13.9. The zero-order chi connectivity index (χ0) is 19.1. The predicted octanol–water partition coefficient (Wildman–Crippen LogP) is 2.92. The lowest BCUT2D eigenvalue weighted by Crippen LogP contribution is -2.43. The molecule has 1 aliphatic heterocycles. The fourth-order valence-electron chi connectivity index (χ4n) is 4.57. The van der Waals surface area contributed by atoms with Crippen LogP contribution in [0.3, 0.4) is 0 Å². The number of halogens is 1. The van der Waals surface area contributed by atoms with E-state index in [2.05, 4.69) is 10.4 Å². The van der Waals surface area contributed by atoms with Crippen molar-refractivity contribution in [3.63, 3.8) is 0 Å². The highest BCUT2D eigenvalue weighted by Crippen LogP contribution is 2.40. The van der Waals surface area contributed by atoms with Gasteiger partial charge < -0.3 is 10.2 Å². The first-order valence-electron chi connectivity index (χ1n) is 9.67. The predicted molar refractivity (Wildman–Crippen MR) is 102 cm³/mol. The number of amides is 1. The van der Waals surface area contributed by atoms with E-state index in [0.717, 1.165) is 36.2 Å². The van der Waals surface area contributed by atoms with Crippen LogP contribution < -0.4 is 5.32 Å². The average molecular weight is 370 g/mol. The summed E-state index contributed by atoms with van der Waals surface area (Å²) in [4.78, 5) is 14.2. The summed E-state index contributed by atoms with van der Waals surface area (Å²) in [5.41, 5.74) is 3.07. The zero-order valence-corrected chi connectivity index (χ0v) is 16.2.